The topological polar surface area (TPSA) is 32.8 Å². The van der Waals surface area contributed by atoms with Crippen LogP contribution in [-0.4, -0.2) is 43.1 Å². The summed E-state index contributed by atoms with van der Waals surface area (Å²) in [6, 6.07) is 16.4. The molecule has 1 unspecified atom stereocenters. The highest BCUT2D eigenvalue weighted by atomic mass is 16.5. The highest BCUT2D eigenvalue weighted by Gasteiger charge is 2.26. The molecule has 1 aliphatic heterocycles. The van der Waals surface area contributed by atoms with Crippen LogP contribution in [0.25, 0.3) is 0 Å². The lowest BCUT2D eigenvalue weighted by atomic mass is 10.1. The number of piperazine rings is 1. The zero-order valence-electron chi connectivity index (χ0n) is 15.2. The number of anilines is 1. The Labute approximate surface area is 150 Å². The minimum absolute atomic E-state index is 0.0635. The summed E-state index contributed by atoms with van der Waals surface area (Å²) in [5.74, 6) is 0.859. The van der Waals surface area contributed by atoms with Gasteiger partial charge in [-0.05, 0) is 50.1 Å². The van der Waals surface area contributed by atoms with Crippen molar-refractivity contribution in [1.29, 1.82) is 0 Å². The molecule has 4 nitrogen and oxygen atoms in total. The first-order chi connectivity index (χ1) is 12.0. The Morgan fingerprint density at radius 1 is 1.00 bits per heavy atom. The van der Waals surface area contributed by atoms with Gasteiger partial charge in [0.25, 0.3) is 5.91 Å². The number of hydrogen-bond donors (Lipinski definition) is 0. The van der Waals surface area contributed by atoms with E-state index in [2.05, 4.69) is 23.1 Å². The molecule has 0 saturated carbocycles. The third kappa shape index (κ3) is 4.13. The van der Waals surface area contributed by atoms with E-state index in [9.17, 15) is 4.79 Å². The smallest absolute Gasteiger partial charge is 0.263 e. The second-order valence-electron chi connectivity index (χ2n) is 6.68. The Morgan fingerprint density at radius 3 is 2.36 bits per heavy atom. The zero-order chi connectivity index (χ0) is 17.8. The SMILES string of the molecule is Cc1ccc(C)c(OC(C)C(=O)N2CCN(c3ccccc3)CC2)c1. The van der Waals surface area contributed by atoms with E-state index in [-0.39, 0.29) is 5.91 Å². The third-order valence-corrected chi connectivity index (χ3v) is 4.71. The van der Waals surface area contributed by atoms with E-state index in [4.69, 9.17) is 4.74 Å². The minimum atomic E-state index is -0.469. The van der Waals surface area contributed by atoms with Gasteiger partial charge in [0.05, 0.1) is 0 Å². The van der Waals surface area contributed by atoms with Crippen molar-refractivity contribution in [2.45, 2.75) is 26.9 Å². The number of benzene rings is 2. The molecule has 0 bridgehead atoms. The molecule has 4 heteroatoms. The third-order valence-electron chi connectivity index (χ3n) is 4.71. The van der Waals surface area contributed by atoms with Crippen LogP contribution < -0.4 is 9.64 Å². The average Bonchev–Trinajstić information content (AvgIpc) is 2.65. The van der Waals surface area contributed by atoms with Crippen molar-refractivity contribution in [2.24, 2.45) is 0 Å². The van der Waals surface area contributed by atoms with E-state index >= 15 is 0 Å². The molecule has 1 amide bonds. The number of nitrogens with zero attached hydrogens (tertiary/aromatic N) is 2. The molecular formula is C21H26N2O2. The van der Waals surface area contributed by atoms with Crippen molar-refractivity contribution < 1.29 is 9.53 Å². The highest BCUT2D eigenvalue weighted by Crippen LogP contribution is 2.21. The number of rotatable bonds is 4. The maximum Gasteiger partial charge on any atom is 0.263 e. The summed E-state index contributed by atoms with van der Waals surface area (Å²) < 4.78 is 5.95. The summed E-state index contributed by atoms with van der Waals surface area (Å²) in [5, 5.41) is 0. The molecule has 25 heavy (non-hydrogen) atoms. The molecule has 132 valence electrons. The molecule has 1 atom stereocenters. The maximum absolute atomic E-state index is 12.7. The van der Waals surface area contributed by atoms with Gasteiger partial charge in [0.2, 0.25) is 0 Å². The fraction of sp³-hybridized carbons (Fsp3) is 0.381. The van der Waals surface area contributed by atoms with Gasteiger partial charge in [0, 0.05) is 31.9 Å². The molecule has 0 aromatic heterocycles. The van der Waals surface area contributed by atoms with E-state index in [1.807, 2.05) is 56.0 Å². The molecular weight excluding hydrogens is 312 g/mol. The van der Waals surface area contributed by atoms with E-state index in [0.29, 0.717) is 0 Å². The Bertz CT molecular complexity index is 722. The van der Waals surface area contributed by atoms with Gasteiger partial charge in [0.1, 0.15) is 5.75 Å². The molecule has 1 aliphatic rings. The van der Waals surface area contributed by atoms with Crippen LogP contribution in [0.3, 0.4) is 0 Å². The molecule has 3 rings (SSSR count). The van der Waals surface area contributed by atoms with Gasteiger partial charge in [-0.1, -0.05) is 30.3 Å². The minimum Gasteiger partial charge on any atom is -0.481 e. The van der Waals surface area contributed by atoms with Crippen molar-refractivity contribution >= 4 is 11.6 Å². The summed E-state index contributed by atoms with van der Waals surface area (Å²) in [5.41, 5.74) is 3.41. The lowest BCUT2D eigenvalue weighted by Crippen LogP contribution is -2.52. The highest BCUT2D eigenvalue weighted by molar-refractivity contribution is 5.81. The van der Waals surface area contributed by atoms with Gasteiger partial charge >= 0.3 is 0 Å². The first kappa shape index (κ1) is 17.3. The van der Waals surface area contributed by atoms with E-state index in [1.165, 1.54) is 5.69 Å². The fourth-order valence-electron chi connectivity index (χ4n) is 3.16. The summed E-state index contributed by atoms with van der Waals surface area (Å²) in [4.78, 5) is 17.0. The van der Waals surface area contributed by atoms with Crippen LogP contribution in [0.15, 0.2) is 48.5 Å². The van der Waals surface area contributed by atoms with Gasteiger partial charge < -0.3 is 14.5 Å². The van der Waals surface area contributed by atoms with Gasteiger partial charge in [-0.3, -0.25) is 4.79 Å². The van der Waals surface area contributed by atoms with Crippen LogP contribution in [0.1, 0.15) is 18.1 Å². The molecule has 1 fully saturated rings. The molecule has 0 N–H and O–H groups in total. The monoisotopic (exact) mass is 338 g/mol. The van der Waals surface area contributed by atoms with Gasteiger partial charge in [-0.2, -0.15) is 0 Å². The first-order valence-electron chi connectivity index (χ1n) is 8.87. The zero-order valence-corrected chi connectivity index (χ0v) is 15.2. The Morgan fingerprint density at radius 2 is 1.68 bits per heavy atom. The lowest BCUT2D eigenvalue weighted by Gasteiger charge is -2.37. The Hall–Kier alpha value is -2.49. The predicted molar refractivity (Wildman–Crippen MR) is 101 cm³/mol. The second-order valence-corrected chi connectivity index (χ2v) is 6.68. The van der Waals surface area contributed by atoms with E-state index in [1.54, 1.807) is 0 Å². The largest absolute Gasteiger partial charge is 0.481 e. The number of carbonyl (C=O) groups is 1. The number of para-hydroxylation sites is 1. The molecule has 0 spiro atoms. The summed E-state index contributed by atoms with van der Waals surface area (Å²) in [7, 11) is 0. The fourth-order valence-corrected chi connectivity index (χ4v) is 3.16. The Balaban J connectivity index is 1.57. The predicted octanol–water partition coefficient (Wildman–Crippen LogP) is 3.42. The molecule has 0 radical (unpaired) electrons. The van der Waals surface area contributed by atoms with Gasteiger partial charge in [-0.25, -0.2) is 0 Å². The van der Waals surface area contributed by atoms with Gasteiger partial charge in [0.15, 0.2) is 6.10 Å². The molecule has 2 aromatic rings. The van der Waals surface area contributed by atoms with Crippen LogP contribution in [-0.2, 0) is 4.79 Å². The summed E-state index contributed by atoms with van der Waals surface area (Å²) in [6.45, 7) is 9.04. The molecule has 1 saturated heterocycles. The van der Waals surface area contributed by atoms with Gasteiger partial charge in [-0.15, -0.1) is 0 Å². The quantitative estimate of drug-likeness (QED) is 0.856. The maximum atomic E-state index is 12.7. The van der Waals surface area contributed by atoms with Crippen molar-refractivity contribution in [3.63, 3.8) is 0 Å². The van der Waals surface area contributed by atoms with E-state index < -0.39 is 6.10 Å². The van der Waals surface area contributed by atoms with E-state index in [0.717, 1.165) is 43.1 Å². The normalized spacial score (nSPS) is 15.8. The van der Waals surface area contributed by atoms with Crippen molar-refractivity contribution in [3.05, 3.63) is 59.7 Å². The standard InChI is InChI=1S/C21H26N2O2/c1-16-9-10-17(2)20(15-16)25-18(3)21(24)23-13-11-22(12-14-23)19-7-5-4-6-8-19/h4-10,15,18H,11-14H2,1-3H3. The summed E-state index contributed by atoms with van der Waals surface area (Å²) >= 11 is 0. The van der Waals surface area contributed by atoms with Crippen LogP contribution >= 0.6 is 0 Å². The van der Waals surface area contributed by atoms with Crippen molar-refractivity contribution in [2.75, 3.05) is 31.1 Å². The van der Waals surface area contributed by atoms with Crippen molar-refractivity contribution in [1.82, 2.24) is 4.90 Å². The number of amides is 1. The molecule has 2 aromatic carbocycles. The first-order valence-corrected chi connectivity index (χ1v) is 8.87. The molecule has 1 heterocycles. The Kier molecular flexibility index (Phi) is 5.27. The van der Waals surface area contributed by atoms with Crippen LogP contribution in [0.4, 0.5) is 5.69 Å². The second kappa shape index (κ2) is 7.60. The van der Waals surface area contributed by atoms with Crippen LogP contribution in [0, 0.1) is 13.8 Å². The number of hydrogen-bond acceptors (Lipinski definition) is 3. The summed E-state index contributed by atoms with van der Waals surface area (Å²) in [6.07, 6.45) is -0.469. The van der Waals surface area contributed by atoms with Crippen LogP contribution in [0.2, 0.25) is 0 Å². The molecule has 0 aliphatic carbocycles. The van der Waals surface area contributed by atoms with Crippen LogP contribution in [0.5, 0.6) is 5.75 Å². The van der Waals surface area contributed by atoms with Crippen molar-refractivity contribution in [3.8, 4) is 5.75 Å². The average molecular weight is 338 g/mol. The number of ether oxygens (including phenoxy) is 1. The number of carbonyl (C=O) groups excluding carboxylic acids is 1. The lowest BCUT2D eigenvalue weighted by molar-refractivity contribution is -0.138. The number of aryl methyl sites for hydroxylation is 2.